The summed E-state index contributed by atoms with van der Waals surface area (Å²) >= 11 is 0. The van der Waals surface area contributed by atoms with Crippen molar-refractivity contribution in [2.45, 2.75) is 25.3 Å². The number of hydrogen-bond acceptors (Lipinski definition) is 8. The molecule has 0 amide bonds. The van der Waals surface area contributed by atoms with E-state index in [1.807, 2.05) is 6.07 Å². The van der Waals surface area contributed by atoms with E-state index in [9.17, 15) is 0 Å². The molecule has 1 saturated heterocycles. The number of fused-ring (bicyclic) bond motifs is 1. The summed E-state index contributed by atoms with van der Waals surface area (Å²) in [6.07, 6.45) is 3.36. The minimum absolute atomic E-state index is 0.339. The van der Waals surface area contributed by atoms with Gasteiger partial charge in [0.15, 0.2) is 17.3 Å². The van der Waals surface area contributed by atoms with E-state index in [4.69, 9.17) is 9.26 Å². The molecule has 3 aromatic rings. The average molecular weight is 315 g/mol. The lowest BCUT2D eigenvalue weighted by atomic mass is 9.96. The second kappa shape index (κ2) is 5.92. The number of piperidine rings is 1. The molecular formula is C14H17N7O2. The number of nitrogens with zero attached hydrogens (tertiary/aromatic N) is 7. The Labute approximate surface area is 132 Å². The van der Waals surface area contributed by atoms with Gasteiger partial charge < -0.3 is 9.26 Å². The highest BCUT2D eigenvalue weighted by Crippen LogP contribution is 2.27. The quantitative estimate of drug-likeness (QED) is 0.701. The first-order valence-corrected chi connectivity index (χ1v) is 7.57. The first-order chi connectivity index (χ1) is 11.3. The first-order valence-electron chi connectivity index (χ1n) is 7.57. The van der Waals surface area contributed by atoms with Gasteiger partial charge in [-0.05, 0) is 32.0 Å². The summed E-state index contributed by atoms with van der Waals surface area (Å²) in [4.78, 5) is 6.39. The largest absolute Gasteiger partial charge is 0.480 e. The Balaban J connectivity index is 1.47. The van der Waals surface area contributed by atoms with Crippen LogP contribution < -0.4 is 4.74 Å². The molecule has 1 aliphatic rings. The molecule has 4 heterocycles. The normalized spacial score (nSPS) is 16.9. The monoisotopic (exact) mass is 315 g/mol. The third-order valence-electron chi connectivity index (χ3n) is 4.20. The van der Waals surface area contributed by atoms with Crippen LogP contribution in [0.3, 0.4) is 0 Å². The van der Waals surface area contributed by atoms with E-state index < -0.39 is 0 Å². The smallest absolute Gasteiger partial charge is 0.231 e. The molecule has 0 spiro atoms. The Hall–Kier alpha value is -2.55. The van der Waals surface area contributed by atoms with Crippen molar-refractivity contribution in [3.05, 3.63) is 30.2 Å². The van der Waals surface area contributed by atoms with Crippen LogP contribution in [0.25, 0.3) is 5.65 Å². The summed E-state index contributed by atoms with van der Waals surface area (Å²) in [6, 6.07) is 3.66. The van der Waals surface area contributed by atoms with E-state index in [0.717, 1.165) is 49.8 Å². The van der Waals surface area contributed by atoms with E-state index >= 15 is 0 Å². The molecular weight excluding hydrogens is 298 g/mol. The van der Waals surface area contributed by atoms with Crippen molar-refractivity contribution in [1.82, 2.24) is 34.9 Å². The second-order valence-electron chi connectivity index (χ2n) is 5.60. The highest BCUT2D eigenvalue weighted by Gasteiger charge is 2.25. The van der Waals surface area contributed by atoms with Crippen LogP contribution in [-0.4, -0.2) is 55.1 Å². The first kappa shape index (κ1) is 14.1. The summed E-state index contributed by atoms with van der Waals surface area (Å²) in [5.41, 5.74) is 0.745. The predicted octanol–water partition coefficient (Wildman–Crippen LogP) is 0.895. The van der Waals surface area contributed by atoms with Crippen LogP contribution in [0.5, 0.6) is 5.88 Å². The molecule has 9 heteroatoms. The van der Waals surface area contributed by atoms with Crippen LogP contribution in [0.2, 0.25) is 0 Å². The maximum Gasteiger partial charge on any atom is 0.231 e. The van der Waals surface area contributed by atoms with Crippen molar-refractivity contribution in [2.75, 3.05) is 20.2 Å². The van der Waals surface area contributed by atoms with Gasteiger partial charge in [0.05, 0.1) is 13.7 Å². The van der Waals surface area contributed by atoms with E-state index in [-0.39, 0.29) is 0 Å². The molecule has 0 atom stereocenters. The zero-order chi connectivity index (χ0) is 15.6. The number of methoxy groups -OCH3 is 1. The fourth-order valence-electron chi connectivity index (χ4n) is 2.96. The molecule has 0 saturated carbocycles. The van der Waals surface area contributed by atoms with Crippen molar-refractivity contribution >= 4 is 5.65 Å². The van der Waals surface area contributed by atoms with Crippen LogP contribution in [0.4, 0.5) is 0 Å². The molecule has 0 aliphatic carbocycles. The molecule has 0 unspecified atom stereocenters. The Morgan fingerprint density at radius 2 is 2.13 bits per heavy atom. The molecule has 1 fully saturated rings. The van der Waals surface area contributed by atoms with Crippen LogP contribution >= 0.6 is 0 Å². The second-order valence-corrected chi connectivity index (χ2v) is 5.60. The number of rotatable bonds is 4. The van der Waals surface area contributed by atoms with E-state index in [1.165, 1.54) is 6.39 Å². The van der Waals surface area contributed by atoms with Gasteiger partial charge in [-0.3, -0.25) is 4.90 Å². The lowest BCUT2D eigenvalue weighted by Gasteiger charge is -2.29. The number of ether oxygens (including phenoxy) is 1. The van der Waals surface area contributed by atoms with Crippen molar-refractivity contribution in [2.24, 2.45) is 0 Å². The summed E-state index contributed by atoms with van der Waals surface area (Å²) in [7, 11) is 1.61. The van der Waals surface area contributed by atoms with Crippen LogP contribution in [0, 0.1) is 0 Å². The van der Waals surface area contributed by atoms with Gasteiger partial charge in [-0.15, -0.1) is 15.3 Å². The topological polar surface area (TPSA) is 94.5 Å². The summed E-state index contributed by atoms with van der Waals surface area (Å²) in [6.45, 7) is 2.63. The SMILES string of the molecule is COc1ccc2nnc(C3CCN(Cc4ncon4)CC3)n2n1. The molecule has 0 N–H and O–H groups in total. The highest BCUT2D eigenvalue weighted by molar-refractivity contribution is 5.38. The molecule has 4 rings (SSSR count). The van der Waals surface area contributed by atoms with E-state index in [2.05, 4.69) is 30.3 Å². The standard InChI is InChI=1S/C14H17N7O2/c1-22-13-3-2-12-16-17-14(21(12)18-13)10-4-6-20(7-5-10)8-11-15-9-23-19-11/h2-3,9-10H,4-8H2,1H3. The van der Waals surface area contributed by atoms with Gasteiger partial charge in [-0.2, -0.15) is 9.50 Å². The minimum Gasteiger partial charge on any atom is -0.480 e. The Morgan fingerprint density at radius 3 is 2.87 bits per heavy atom. The molecule has 0 radical (unpaired) electrons. The molecule has 0 bridgehead atoms. The fourth-order valence-corrected chi connectivity index (χ4v) is 2.96. The molecule has 1 aliphatic heterocycles. The summed E-state index contributed by atoms with van der Waals surface area (Å²) in [5, 5.41) is 16.8. The van der Waals surface area contributed by atoms with Crippen molar-refractivity contribution in [3.63, 3.8) is 0 Å². The van der Waals surface area contributed by atoms with Crippen molar-refractivity contribution < 1.29 is 9.26 Å². The van der Waals surface area contributed by atoms with E-state index in [0.29, 0.717) is 11.8 Å². The lowest BCUT2D eigenvalue weighted by molar-refractivity contribution is 0.194. The van der Waals surface area contributed by atoms with Crippen molar-refractivity contribution in [1.29, 1.82) is 0 Å². The molecule has 3 aromatic heterocycles. The highest BCUT2D eigenvalue weighted by atomic mass is 16.5. The van der Waals surface area contributed by atoms with E-state index in [1.54, 1.807) is 17.7 Å². The van der Waals surface area contributed by atoms with Gasteiger partial charge in [0, 0.05) is 12.0 Å². The maximum atomic E-state index is 5.19. The molecule has 120 valence electrons. The Morgan fingerprint density at radius 1 is 1.26 bits per heavy atom. The minimum atomic E-state index is 0.339. The Kier molecular flexibility index (Phi) is 3.62. The zero-order valence-corrected chi connectivity index (χ0v) is 12.8. The third-order valence-corrected chi connectivity index (χ3v) is 4.20. The summed E-state index contributed by atoms with van der Waals surface area (Å²) < 4.78 is 11.8. The number of likely N-dealkylation sites (tertiary alicyclic amines) is 1. The number of hydrogen-bond donors (Lipinski definition) is 0. The summed E-state index contributed by atoms with van der Waals surface area (Å²) in [5.74, 6) is 2.53. The van der Waals surface area contributed by atoms with Crippen LogP contribution in [-0.2, 0) is 6.54 Å². The van der Waals surface area contributed by atoms with Gasteiger partial charge in [-0.25, -0.2) is 0 Å². The number of aromatic nitrogens is 6. The van der Waals surface area contributed by atoms with Crippen LogP contribution in [0.15, 0.2) is 23.0 Å². The van der Waals surface area contributed by atoms with Gasteiger partial charge in [0.1, 0.15) is 0 Å². The average Bonchev–Trinajstić information content (AvgIpc) is 3.24. The molecule has 0 aromatic carbocycles. The van der Waals surface area contributed by atoms with Gasteiger partial charge >= 0.3 is 0 Å². The van der Waals surface area contributed by atoms with Gasteiger partial charge in [0.2, 0.25) is 12.3 Å². The molecule has 23 heavy (non-hydrogen) atoms. The zero-order valence-electron chi connectivity index (χ0n) is 12.8. The lowest BCUT2D eigenvalue weighted by Crippen LogP contribution is -2.33. The third kappa shape index (κ3) is 2.74. The van der Waals surface area contributed by atoms with Crippen molar-refractivity contribution in [3.8, 4) is 5.88 Å². The van der Waals surface area contributed by atoms with Crippen LogP contribution in [0.1, 0.15) is 30.4 Å². The predicted molar refractivity (Wildman–Crippen MR) is 78.9 cm³/mol. The fraction of sp³-hybridized carbons (Fsp3) is 0.500. The molecule has 9 nitrogen and oxygen atoms in total. The van der Waals surface area contributed by atoms with Gasteiger partial charge in [-0.1, -0.05) is 5.16 Å². The maximum absolute atomic E-state index is 5.19. The van der Waals surface area contributed by atoms with Gasteiger partial charge in [0.25, 0.3) is 0 Å². The Bertz CT molecular complexity index is 778.